The van der Waals surface area contributed by atoms with Crippen molar-refractivity contribution in [3.05, 3.63) is 24.1 Å². The van der Waals surface area contributed by atoms with Gasteiger partial charge < -0.3 is 4.74 Å². The van der Waals surface area contributed by atoms with Gasteiger partial charge in [0, 0.05) is 0 Å². The van der Waals surface area contributed by atoms with Crippen LogP contribution in [0.2, 0.25) is 0 Å². The van der Waals surface area contributed by atoms with E-state index in [2.05, 4.69) is 9.72 Å². The third-order valence-electron chi connectivity index (χ3n) is 1.31. The average molecular weight is 238 g/mol. The summed E-state index contributed by atoms with van der Waals surface area (Å²) in [4.78, 5) is 14.0. The molecule has 0 aliphatic carbocycles. The molecule has 16 heavy (non-hydrogen) atoms. The number of rotatable bonds is 2. The first-order valence-corrected chi connectivity index (χ1v) is 4.00. The minimum atomic E-state index is -4.60. The molecule has 0 bridgehead atoms. The Morgan fingerprint density at radius 3 is 2.69 bits per heavy atom. The van der Waals surface area contributed by atoms with Crippen molar-refractivity contribution in [3.8, 4) is 0 Å². The Balaban J connectivity index is 2.46. The summed E-state index contributed by atoms with van der Waals surface area (Å²) in [6.07, 6.45) is -5.96. The van der Waals surface area contributed by atoms with Gasteiger partial charge >= 0.3 is 12.3 Å². The molecule has 0 spiro atoms. The van der Waals surface area contributed by atoms with Crippen LogP contribution in [0.3, 0.4) is 0 Å². The van der Waals surface area contributed by atoms with Gasteiger partial charge in [0.15, 0.2) is 6.61 Å². The van der Waals surface area contributed by atoms with E-state index in [0.717, 1.165) is 6.07 Å². The van der Waals surface area contributed by atoms with Gasteiger partial charge in [-0.2, -0.15) is 17.6 Å². The molecule has 0 aliphatic heterocycles. The molecule has 0 atom stereocenters. The Morgan fingerprint density at radius 2 is 2.12 bits per heavy atom. The second-order valence-corrected chi connectivity index (χ2v) is 2.66. The number of aromatic nitrogens is 1. The van der Waals surface area contributed by atoms with E-state index < -0.39 is 24.8 Å². The predicted molar refractivity (Wildman–Crippen MR) is 45.2 cm³/mol. The topological polar surface area (TPSA) is 51.2 Å². The van der Waals surface area contributed by atoms with E-state index in [1.807, 2.05) is 5.32 Å². The number of halogens is 4. The van der Waals surface area contributed by atoms with Gasteiger partial charge in [-0.3, -0.25) is 5.32 Å². The fraction of sp³-hybridized carbons (Fsp3) is 0.250. The van der Waals surface area contributed by atoms with E-state index >= 15 is 0 Å². The van der Waals surface area contributed by atoms with E-state index in [9.17, 15) is 22.4 Å². The lowest BCUT2D eigenvalue weighted by Crippen LogP contribution is -2.23. The lowest BCUT2D eigenvalue weighted by molar-refractivity contribution is -0.159. The molecule has 8 heteroatoms. The monoisotopic (exact) mass is 238 g/mol. The molecule has 0 aromatic carbocycles. The van der Waals surface area contributed by atoms with Crippen LogP contribution < -0.4 is 5.32 Å². The number of amides is 1. The fourth-order valence-electron chi connectivity index (χ4n) is 0.766. The van der Waals surface area contributed by atoms with Gasteiger partial charge in [-0.05, 0) is 12.1 Å². The first-order valence-electron chi connectivity index (χ1n) is 4.00. The number of nitrogens with one attached hydrogen (secondary N) is 1. The largest absolute Gasteiger partial charge is 0.440 e. The van der Waals surface area contributed by atoms with Gasteiger partial charge in [-0.25, -0.2) is 9.78 Å². The van der Waals surface area contributed by atoms with Crippen molar-refractivity contribution in [2.45, 2.75) is 6.18 Å². The zero-order valence-corrected chi connectivity index (χ0v) is 7.71. The van der Waals surface area contributed by atoms with E-state index in [4.69, 9.17) is 0 Å². The van der Waals surface area contributed by atoms with Gasteiger partial charge in [0.05, 0.1) is 0 Å². The molecule has 1 aromatic heterocycles. The molecule has 0 fully saturated rings. The molecular weight excluding hydrogens is 232 g/mol. The lowest BCUT2D eigenvalue weighted by atomic mass is 10.4. The van der Waals surface area contributed by atoms with Gasteiger partial charge in [-0.15, -0.1) is 0 Å². The third-order valence-corrected chi connectivity index (χ3v) is 1.31. The summed E-state index contributed by atoms with van der Waals surface area (Å²) in [6, 6.07) is 3.46. The summed E-state index contributed by atoms with van der Waals surface area (Å²) in [5.41, 5.74) is 0. The number of ether oxygens (including phenoxy) is 1. The van der Waals surface area contributed by atoms with Gasteiger partial charge in [0.25, 0.3) is 0 Å². The predicted octanol–water partition coefficient (Wildman–Crippen LogP) is 2.33. The van der Waals surface area contributed by atoms with Crippen molar-refractivity contribution in [2.24, 2.45) is 0 Å². The summed E-state index contributed by atoms with van der Waals surface area (Å²) in [7, 11) is 0. The maximum atomic E-state index is 12.5. The normalized spacial score (nSPS) is 11.0. The highest BCUT2D eigenvalue weighted by Crippen LogP contribution is 2.14. The molecule has 0 saturated heterocycles. The third kappa shape index (κ3) is 4.58. The van der Waals surface area contributed by atoms with E-state index in [1.165, 1.54) is 12.1 Å². The van der Waals surface area contributed by atoms with Crippen molar-refractivity contribution in [3.63, 3.8) is 0 Å². The molecule has 88 valence electrons. The van der Waals surface area contributed by atoms with Crippen LogP contribution in [0.25, 0.3) is 0 Å². The van der Waals surface area contributed by atoms with Crippen LogP contribution in [0, 0.1) is 5.95 Å². The number of hydrogen-bond donors (Lipinski definition) is 1. The van der Waals surface area contributed by atoms with Crippen LogP contribution >= 0.6 is 0 Å². The van der Waals surface area contributed by atoms with Crippen molar-refractivity contribution < 1.29 is 27.1 Å². The minimum Gasteiger partial charge on any atom is -0.440 e. The van der Waals surface area contributed by atoms with Crippen LogP contribution in [0.1, 0.15) is 0 Å². The molecule has 1 rings (SSSR count). The molecule has 1 amide bonds. The van der Waals surface area contributed by atoms with Crippen LogP contribution in [0.15, 0.2) is 18.2 Å². The quantitative estimate of drug-likeness (QED) is 0.635. The zero-order valence-electron chi connectivity index (χ0n) is 7.71. The number of anilines is 1. The van der Waals surface area contributed by atoms with Crippen molar-refractivity contribution in [2.75, 3.05) is 11.9 Å². The highest BCUT2D eigenvalue weighted by atomic mass is 19.4. The van der Waals surface area contributed by atoms with Crippen molar-refractivity contribution in [1.29, 1.82) is 0 Å². The first-order chi connectivity index (χ1) is 7.37. The minimum absolute atomic E-state index is 0.229. The summed E-state index contributed by atoms with van der Waals surface area (Å²) >= 11 is 0. The maximum Gasteiger partial charge on any atom is 0.422 e. The lowest BCUT2D eigenvalue weighted by Gasteiger charge is -2.08. The van der Waals surface area contributed by atoms with E-state index in [-0.39, 0.29) is 5.82 Å². The van der Waals surface area contributed by atoms with Crippen molar-refractivity contribution in [1.82, 2.24) is 4.98 Å². The molecule has 0 radical (unpaired) electrons. The molecule has 1 N–H and O–H groups in total. The Hall–Kier alpha value is -1.86. The average Bonchev–Trinajstić information content (AvgIpc) is 2.14. The van der Waals surface area contributed by atoms with Gasteiger partial charge in [-0.1, -0.05) is 6.07 Å². The Labute approximate surface area is 87.2 Å². The Bertz CT molecular complexity index is 381. The molecule has 0 unspecified atom stereocenters. The summed E-state index contributed by atoms with van der Waals surface area (Å²) in [5.74, 6) is -1.10. The number of carbonyl (C=O) groups excluding carboxylic acids is 1. The second-order valence-electron chi connectivity index (χ2n) is 2.66. The molecule has 1 heterocycles. The van der Waals surface area contributed by atoms with Crippen LogP contribution in [-0.2, 0) is 4.74 Å². The standard InChI is InChI=1S/C8H6F4N2O2/c9-5-2-1-3-6(13-5)14-7(15)16-4-8(10,11)12/h1-3H,4H2,(H,13,14,15). The molecule has 4 nitrogen and oxygen atoms in total. The maximum absolute atomic E-state index is 12.5. The number of nitrogens with zero attached hydrogens (tertiary/aromatic N) is 1. The Kier molecular flexibility index (Phi) is 3.64. The summed E-state index contributed by atoms with van der Waals surface area (Å²) < 4.78 is 51.2. The molecule has 1 aromatic rings. The number of alkyl halides is 3. The van der Waals surface area contributed by atoms with Crippen LogP contribution in [0.4, 0.5) is 28.2 Å². The smallest absolute Gasteiger partial charge is 0.422 e. The van der Waals surface area contributed by atoms with Crippen LogP contribution in [0.5, 0.6) is 0 Å². The van der Waals surface area contributed by atoms with Crippen molar-refractivity contribution >= 4 is 11.9 Å². The Morgan fingerprint density at radius 1 is 1.44 bits per heavy atom. The number of pyridine rings is 1. The molecular formula is C8H6F4N2O2. The van der Waals surface area contributed by atoms with E-state index in [1.54, 1.807) is 0 Å². The number of hydrogen-bond acceptors (Lipinski definition) is 3. The summed E-state index contributed by atoms with van der Waals surface area (Å²) in [5, 5.41) is 1.84. The zero-order chi connectivity index (χ0) is 12.2. The SMILES string of the molecule is O=C(Nc1cccc(F)n1)OCC(F)(F)F. The van der Waals surface area contributed by atoms with E-state index in [0.29, 0.717) is 0 Å². The molecule has 0 aliphatic rings. The highest BCUT2D eigenvalue weighted by molar-refractivity contribution is 5.83. The van der Waals surface area contributed by atoms with Crippen LogP contribution in [-0.4, -0.2) is 23.9 Å². The molecule has 0 saturated carbocycles. The second kappa shape index (κ2) is 4.77. The van der Waals surface area contributed by atoms with Gasteiger partial charge in [0.2, 0.25) is 5.95 Å². The number of carbonyl (C=O) groups is 1. The first kappa shape index (κ1) is 12.2. The fourth-order valence-corrected chi connectivity index (χ4v) is 0.766. The summed E-state index contributed by atoms with van der Waals surface area (Å²) in [6.45, 7) is -1.71. The highest BCUT2D eigenvalue weighted by Gasteiger charge is 2.29. The van der Waals surface area contributed by atoms with Gasteiger partial charge in [0.1, 0.15) is 5.82 Å².